The van der Waals surface area contributed by atoms with Crippen molar-refractivity contribution in [2.24, 2.45) is 7.05 Å². The maximum atomic E-state index is 9.78. The number of ether oxygens (including phenoxy) is 1. The summed E-state index contributed by atoms with van der Waals surface area (Å²) in [5.41, 5.74) is 1.98. The zero-order valence-electron chi connectivity index (χ0n) is 9.90. The van der Waals surface area contributed by atoms with Crippen molar-refractivity contribution in [3.8, 4) is 5.75 Å². The smallest absolute Gasteiger partial charge is 0.139 e. The number of para-hydroxylation sites is 1. The van der Waals surface area contributed by atoms with E-state index in [4.69, 9.17) is 4.74 Å². The number of fused-ring (bicyclic) bond motifs is 1. The van der Waals surface area contributed by atoms with Gasteiger partial charge >= 0.3 is 0 Å². The van der Waals surface area contributed by atoms with Gasteiger partial charge in [0.1, 0.15) is 5.75 Å². The molecule has 3 nitrogen and oxygen atoms in total. The first-order valence-electron chi connectivity index (χ1n) is 5.47. The van der Waals surface area contributed by atoms with Crippen LogP contribution in [0.1, 0.15) is 19.4 Å². The Balaban J connectivity index is 2.43. The number of hydrogen-bond donors (Lipinski definition) is 1. The van der Waals surface area contributed by atoms with Gasteiger partial charge in [0, 0.05) is 24.2 Å². The Morgan fingerprint density at radius 2 is 2.12 bits per heavy atom. The fourth-order valence-electron chi connectivity index (χ4n) is 1.90. The molecule has 0 aliphatic carbocycles. The van der Waals surface area contributed by atoms with Gasteiger partial charge in [0.2, 0.25) is 0 Å². The lowest BCUT2D eigenvalue weighted by Gasteiger charge is -2.06. The lowest BCUT2D eigenvalue weighted by atomic mass is 10.2. The summed E-state index contributed by atoms with van der Waals surface area (Å²) in [6.45, 7) is 4.61. The van der Waals surface area contributed by atoms with Gasteiger partial charge < -0.3 is 14.4 Å². The fraction of sp³-hybridized carbons (Fsp3) is 0.385. The first kappa shape index (κ1) is 11.0. The summed E-state index contributed by atoms with van der Waals surface area (Å²) in [5.74, 6) is 0.316. The molecule has 0 fully saturated rings. The molecule has 0 saturated heterocycles. The van der Waals surface area contributed by atoms with Crippen LogP contribution in [0.25, 0.3) is 10.9 Å². The Labute approximate surface area is 95.3 Å². The number of aromatic hydroxyl groups is 1. The van der Waals surface area contributed by atoms with Crippen molar-refractivity contribution in [1.82, 2.24) is 4.57 Å². The van der Waals surface area contributed by atoms with Crippen LogP contribution in [0.2, 0.25) is 0 Å². The first-order chi connectivity index (χ1) is 7.59. The highest BCUT2D eigenvalue weighted by Gasteiger charge is 2.09. The summed E-state index contributed by atoms with van der Waals surface area (Å²) < 4.78 is 7.53. The summed E-state index contributed by atoms with van der Waals surface area (Å²) in [4.78, 5) is 0. The normalized spacial score (nSPS) is 11.5. The zero-order valence-corrected chi connectivity index (χ0v) is 9.90. The lowest BCUT2D eigenvalue weighted by molar-refractivity contribution is 0.0663. The van der Waals surface area contributed by atoms with Gasteiger partial charge in [0.25, 0.3) is 0 Å². The largest absolute Gasteiger partial charge is 0.506 e. The molecule has 16 heavy (non-hydrogen) atoms. The highest BCUT2D eigenvalue weighted by molar-refractivity contribution is 5.88. The molecule has 86 valence electrons. The summed E-state index contributed by atoms with van der Waals surface area (Å²) in [5, 5.41) is 10.8. The van der Waals surface area contributed by atoms with E-state index in [2.05, 4.69) is 0 Å². The van der Waals surface area contributed by atoms with Crippen LogP contribution in [0.3, 0.4) is 0 Å². The molecule has 0 atom stereocenters. The van der Waals surface area contributed by atoms with Crippen molar-refractivity contribution >= 4 is 10.9 Å². The standard InChI is InChI=1S/C13H17NO2/c1-9(2)16-8-10-7-14(3)13-11(10)5-4-6-12(13)15/h4-7,9,15H,8H2,1-3H3. The van der Waals surface area contributed by atoms with E-state index in [0.717, 1.165) is 16.5 Å². The zero-order chi connectivity index (χ0) is 11.7. The average molecular weight is 219 g/mol. The average Bonchev–Trinajstić information content (AvgIpc) is 2.54. The second-order valence-electron chi connectivity index (χ2n) is 4.30. The summed E-state index contributed by atoms with van der Waals surface area (Å²) in [7, 11) is 1.93. The number of aryl methyl sites for hydroxylation is 1. The summed E-state index contributed by atoms with van der Waals surface area (Å²) in [6.07, 6.45) is 2.22. The predicted octanol–water partition coefficient (Wildman–Crippen LogP) is 2.81. The molecule has 0 saturated carbocycles. The molecule has 0 bridgehead atoms. The van der Waals surface area contributed by atoms with Gasteiger partial charge in [-0.2, -0.15) is 0 Å². The van der Waals surface area contributed by atoms with Crippen molar-refractivity contribution in [2.45, 2.75) is 26.6 Å². The molecule has 0 amide bonds. The third-order valence-corrected chi connectivity index (χ3v) is 2.64. The molecule has 1 aromatic carbocycles. The molecule has 0 aliphatic heterocycles. The second kappa shape index (κ2) is 4.18. The van der Waals surface area contributed by atoms with E-state index in [9.17, 15) is 5.11 Å². The van der Waals surface area contributed by atoms with Crippen LogP contribution in [0.5, 0.6) is 5.75 Å². The number of phenols is 1. The Bertz CT molecular complexity index is 500. The molecule has 1 aromatic heterocycles. The predicted molar refractivity (Wildman–Crippen MR) is 64.5 cm³/mol. The van der Waals surface area contributed by atoms with Gasteiger partial charge in [-0.1, -0.05) is 12.1 Å². The van der Waals surface area contributed by atoms with Gasteiger partial charge in [-0.3, -0.25) is 0 Å². The number of nitrogens with zero attached hydrogens (tertiary/aromatic N) is 1. The highest BCUT2D eigenvalue weighted by atomic mass is 16.5. The molecule has 0 radical (unpaired) electrons. The number of hydrogen-bond acceptors (Lipinski definition) is 2. The van der Waals surface area contributed by atoms with Gasteiger partial charge in [-0.15, -0.1) is 0 Å². The Morgan fingerprint density at radius 1 is 1.38 bits per heavy atom. The third kappa shape index (κ3) is 1.91. The SMILES string of the molecule is CC(C)OCc1cn(C)c2c(O)cccc12. The monoisotopic (exact) mass is 219 g/mol. The Kier molecular flexibility index (Phi) is 2.88. The number of aromatic nitrogens is 1. The number of benzene rings is 1. The van der Waals surface area contributed by atoms with Crippen LogP contribution < -0.4 is 0 Å². The minimum Gasteiger partial charge on any atom is -0.506 e. The quantitative estimate of drug-likeness (QED) is 0.861. The summed E-state index contributed by atoms with van der Waals surface area (Å²) >= 11 is 0. The second-order valence-corrected chi connectivity index (χ2v) is 4.30. The van der Waals surface area contributed by atoms with Crippen molar-refractivity contribution in [3.05, 3.63) is 30.0 Å². The third-order valence-electron chi connectivity index (χ3n) is 2.64. The van der Waals surface area contributed by atoms with Crippen molar-refractivity contribution in [3.63, 3.8) is 0 Å². The van der Waals surface area contributed by atoms with E-state index < -0.39 is 0 Å². The van der Waals surface area contributed by atoms with Crippen LogP contribution >= 0.6 is 0 Å². The van der Waals surface area contributed by atoms with Crippen LogP contribution in [0, 0.1) is 0 Å². The molecule has 0 spiro atoms. The van der Waals surface area contributed by atoms with E-state index >= 15 is 0 Å². The van der Waals surface area contributed by atoms with Gasteiger partial charge in [-0.05, 0) is 19.9 Å². The Morgan fingerprint density at radius 3 is 2.81 bits per heavy atom. The number of rotatable bonds is 3. The number of phenolic OH excluding ortho intramolecular Hbond substituents is 1. The van der Waals surface area contributed by atoms with Crippen molar-refractivity contribution in [1.29, 1.82) is 0 Å². The van der Waals surface area contributed by atoms with Gasteiger partial charge in [-0.25, -0.2) is 0 Å². The van der Waals surface area contributed by atoms with Gasteiger partial charge in [0.05, 0.1) is 18.2 Å². The minimum absolute atomic E-state index is 0.215. The van der Waals surface area contributed by atoms with E-state index in [1.54, 1.807) is 6.07 Å². The van der Waals surface area contributed by atoms with E-state index in [0.29, 0.717) is 12.4 Å². The molecular weight excluding hydrogens is 202 g/mol. The molecule has 3 heteroatoms. The van der Waals surface area contributed by atoms with Crippen LogP contribution in [-0.2, 0) is 18.4 Å². The molecule has 0 aliphatic rings. The van der Waals surface area contributed by atoms with Crippen LogP contribution in [-0.4, -0.2) is 15.8 Å². The first-order valence-corrected chi connectivity index (χ1v) is 5.47. The highest BCUT2D eigenvalue weighted by Crippen LogP contribution is 2.28. The molecule has 1 heterocycles. The van der Waals surface area contributed by atoms with Crippen molar-refractivity contribution in [2.75, 3.05) is 0 Å². The maximum absolute atomic E-state index is 9.78. The molecular formula is C13H17NO2. The van der Waals surface area contributed by atoms with E-state index in [1.807, 2.05) is 43.8 Å². The summed E-state index contributed by atoms with van der Waals surface area (Å²) in [6, 6.07) is 5.57. The molecule has 2 aromatic rings. The lowest BCUT2D eigenvalue weighted by Crippen LogP contribution is -2.01. The van der Waals surface area contributed by atoms with E-state index in [1.165, 1.54) is 0 Å². The van der Waals surface area contributed by atoms with Gasteiger partial charge in [0.15, 0.2) is 0 Å². The van der Waals surface area contributed by atoms with Crippen LogP contribution in [0.15, 0.2) is 24.4 Å². The van der Waals surface area contributed by atoms with Crippen molar-refractivity contribution < 1.29 is 9.84 Å². The molecule has 1 N–H and O–H groups in total. The minimum atomic E-state index is 0.215. The maximum Gasteiger partial charge on any atom is 0.139 e. The molecule has 2 rings (SSSR count). The van der Waals surface area contributed by atoms with E-state index in [-0.39, 0.29) is 6.10 Å². The van der Waals surface area contributed by atoms with Crippen LogP contribution in [0.4, 0.5) is 0 Å². The Hall–Kier alpha value is -1.48. The topological polar surface area (TPSA) is 34.4 Å². The molecule has 0 unspecified atom stereocenters. The fourth-order valence-corrected chi connectivity index (χ4v) is 1.90.